The Kier molecular flexibility index (Phi) is 5.62. The Morgan fingerprint density at radius 1 is 0.964 bits per heavy atom. The second-order valence-electron chi connectivity index (χ2n) is 6.56. The van der Waals surface area contributed by atoms with Crippen LogP contribution in [0.3, 0.4) is 0 Å². The normalized spacial score (nSPS) is 17.0. The predicted octanol–water partition coefficient (Wildman–Crippen LogP) is 2.96. The summed E-state index contributed by atoms with van der Waals surface area (Å²) in [6, 6.07) is 17.5. The SMILES string of the molecule is COc1ccccc1C(=O)N1CCN(C2=NN=C(c3ccccc3)CS2)CC1. The van der Waals surface area contributed by atoms with E-state index in [1.807, 2.05) is 47.4 Å². The predicted molar refractivity (Wildman–Crippen MR) is 113 cm³/mol. The zero-order valence-electron chi connectivity index (χ0n) is 15.7. The van der Waals surface area contributed by atoms with E-state index >= 15 is 0 Å². The Morgan fingerprint density at radius 3 is 2.36 bits per heavy atom. The molecule has 1 saturated heterocycles. The number of hydrogen-bond donors (Lipinski definition) is 0. The summed E-state index contributed by atoms with van der Waals surface area (Å²) in [4.78, 5) is 16.9. The van der Waals surface area contributed by atoms with Crippen molar-refractivity contribution < 1.29 is 9.53 Å². The van der Waals surface area contributed by atoms with Crippen LogP contribution in [-0.2, 0) is 0 Å². The van der Waals surface area contributed by atoms with Crippen LogP contribution in [0.15, 0.2) is 64.8 Å². The van der Waals surface area contributed by atoms with Crippen LogP contribution >= 0.6 is 11.8 Å². The highest BCUT2D eigenvalue weighted by Gasteiger charge is 2.27. The first-order chi connectivity index (χ1) is 13.8. The molecule has 0 saturated carbocycles. The second-order valence-corrected chi connectivity index (χ2v) is 7.51. The van der Waals surface area contributed by atoms with Crippen molar-refractivity contribution in [2.24, 2.45) is 10.2 Å². The molecule has 0 atom stereocenters. The van der Waals surface area contributed by atoms with Crippen LogP contribution < -0.4 is 4.74 Å². The fourth-order valence-corrected chi connectivity index (χ4v) is 4.27. The quantitative estimate of drug-likeness (QED) is 0.803. The molecule has 7 heteroatoms. The van der Waals surface area contributed by atoms with E-state index in [1.54, 1.807) is 18.9 Å². The molecule has 1 amide bonds. The summed E-state index contributed by atoms with van der Waals surface area (Å²) >= 11 is 1.71. The number of rotatable bonds is 3. The Bertz CT molecular complexity index is 906. The molecule has 4 rings (SSSR count). The third kappa shape index (κ3) is 3.89. The van der Waals surface area contributed by atoms with Crippen LogP contribution in [0.2, 0.25) is 0 Å². The zero-order chi connectivity index (χ0) is 19.3. The van der Waals surface area contributed by atoms with Crippen LogP contribution in [0, 0.1) is 0 Å². The van der Waals surface area contributed by atoms with E-state index in [0.717, 1.165) is 35.3 Å². The van der Waals surface area contributed by atoms with Crippen molar-refractivity contribution in [1.82, 2.24) is 9.80 Å². The molecule has 2 aliphatic heterocycles. The Balaban J connectivity index is 1.39. The van der Waals surface area contributed by atoms with Crippen molar-refractivity contribution in [3.8, 4) is 5.75 Å². The van der Waals surface area contributed by atoms with Crippen LogP contribution in [-0.4, -0.2) is 65.6 Å². The van der Waals surface area contributed by atoms with Crippen molar-refractivity contribution in [3.05, 3.63) is 65.7 Å². The molecule has 0 radical (unpaired) electrons. The highest BCUT2D eigenvalue weighted by atomic mass is 32.2. The first-order valence-corrected chi connectivity index (χ1v) is 10.2. The van der Waals surface area contributed by atoms with Gasteiger partial charge in [0.15, 0.2) is 5.17 Å². The molecule has 2 aromatic carbocycles. The van der Waals surface area contributed by atoms with E-state index in [1.165, 1.54) is 0 Å². The number of amidine groups is 1. The molecule has 2 aromatic rings. The highest BCUT2D eigenvalue weighted by molar-refractivity contribution is 8.14. The number of carbonyl (C=O) groups is 1. The molecule has 0 spiro atoms. The number of thioether (sulfide) groups is 1. The second kappa shape index (κ2) is 8.48. The third-order valence-corrected chi connectivity index (χ3v) is 5.89. The van der Waals surface area contributed by atoms with Gasteiger partial charge in [-0.2, -0.15) is 5.10 Å². The molecular weight excluding hydrogens is 372 g/mol. The lowest BCUT2D eigenvalue weighted by Gasteiger charge is -2.36. The van der Waals surface area contributed by atoms with Gasteiger partial charge >= 0.3 is 0 Å². The number of carbonyl (C=O) groups excluding carboxylic acids is 1. The number of piperazine rings is 1. The lowest BCUT2D eigenvalue weighted by molar-refractivity contribution is 0.0690. The van der Waals surface area contributed by atoms with Crippen molar-refractivity contribution in [2.75, 3.05) is 39.0 Å². The van der Waals surface area contributed by atoms with Gasteiger partial charge in [0.05, 0.1) is 18.4 Å². The van der Waals surface area contributed by atoms with Gasteiger partial charge in [-0.15, -0.1) is 5.10 Å². The van der Waals surface area contributed by atoms with Crippen LogP contribution in [0.4, 0.5) is 0 Å². The minimum atomic E-state index is 0.0136. The van der Waals surface area contributed by atoms with Crippen molar-refractivity contribution >= 4 is 28.5 Å². The van der Waals surface area contributed by atoms with Crippen LogP contribution in [0.25, 0.3) is 0 Å². The van der Waals surface area contributed by atoms with Gasteiger partial charge in [-0.3, -0.25) is 4.79 Å². The molecule has 0 aliphatic carbocycles. The molecule has 0 bridgehead atoms. The van der Waals surface area contributed by atoms with Gasteiger partial charge in [-0.05, 0) is 17.7 Å². The average Bonchev–Trinajstić information content (AvgIpc) is 2.79. The van der Waals surface area contributed by atoms with Gasteiger partial charge in [-0.25, -0.2) is 0 Å². The fourth-order valence-electron chi connectivity index (χ4n) is 3.31. The first kappa shape index (κ1) is 18.6. The molecule has 0 unspecified atom stereocenters. The van der Waals surface area contributed by atoms with E-state index in [2.05, 4.69) is 27.2 Å². The van der Waals surface area contributed by atoms with Gasteiger partial charge in [0.1, 0.15) is 5.75 Å². The molecule has 0 N–H and O–H groups in total. The molecule has 1 fully saturated rings. The zero-order valence-corrected chi connectivity index (χ0v) is 16.6. The van der Waals surface area contributed by atoms with Crippen molar-refractivity contribution in [2.45, 2.75) is 0 Å². The minimum Gasteiger partial charge on any atom is -0.496 e. The Morgan fingerprint density at radius 2 is 1.68 bits per heavy atom. The number of benzene rings is 2. The smallest absolute Gasteiger partial charge is 0.257 e. The van der Waals surface area contributed by atoms with Gasteiger partial charge in [-0.1, -0.05) is 54.2 Å². The molecule has 144 valence electrons. The fraction of sp³-hybridized carbons (Fsp3) is 0.286. The topological polar surface area (TPSA) is 57.5 Å². The average molecular weight is 395 g/mol. The van der Waals surface area contributed by atoms with E-state index in [4.69, 9.17) is 4.74 Å². The molecule has 28 heavy (non-hydrogen) atoms. The van der Waals surface area contributed by atoms with Gasteiger partial charge in [0.25, 0.3) is 5.91 Å². The van der Waals surface area contributed by atoms with Crippen molar-refractivity contribution in [1.29, 1.82) is 0 Å². The molecule has 0 aromatic heterocycles. The largest absolute Gasteiger partial charge is 0.496 e. The number of hydrogen-bond acceptors (Lipinski definition) is 6. The van der Waals surface area contributed by atoms with Crippen LogP contribution in [0.1, 0.15) is 15.9 Å². The summed E-state index contributed by atoms with van der Waals surface area (Å²) in [5, 5.41) is 9.80. The summed E-state index contributed by atoms with van der Waals surface area (Å²) in [6.07, 6.45) is 0. The monoisotopic (exact) mass is 394 g/mol. The van der Waals surface area contributed by atoms with Gasteiger partial charge in [0, 0.05) is 31.9 Å². The lowest BCUT2D eigenvalue weighted by atomic mass is 10.1. The number of nitrogens with zero attached hydrogens (tertiary/aromatic N) is 4. The number of para-hydroxylation sites is 1. The summed E-state index contributed by atoms with van der Waals surface area (Å²) in [5.74, 6) is 1.44. The van der Waals surface area contributed by atoms with E-state index < -0.39 is 0 Å². The van der Waals surface area contributed by atoms with E-state index in [-0.39, 0.29) is 5.91 Å². The Labute approximate surface area is 168 Å². The number of amides is 1. The standard InChI is InChI=1S/C21H22N4O2S/c1-27-19-10-6-5-9-17(19)20(26)24-11-13-25(14-12-24)21-23-22-18(15-28-21)16-7-3-2-4-8-16/h2-10H,11-15H2,1H3. The van der Waals surface area contributed by atoms with E-state index in [0.29, 0.717) is 24.4 Å². The maximum atomic E-state index is 12.8. The Hall–Kier alpha value is -2.80. The van der Waals surface area contributed by atoms with Crippen molar-refractivity contribution in [3.63, 3.8) is 0 Å². The lowest BCUT2D eigenvalue weighted by Crippen LogP contribution is -2.50. The maximum Gasteiger partial charge on any atom is 0.257 e. The molecule has 2 aliphatic rings. The maximum absolute atomic E-state index is 12.8. The highest BCUT2D eigenvalue weighted by Crippen LogP contribution is 2.22. The summed E-state index contributed by atoms with van der Waals surface area (Å²) in [5.41, 5.74) is 2.73. The van der Waals surface area contributed by atoms with E-state index in [9.17, 15) is 4.79 Å². The minimum absolute atomic E-state index is 0.0136. The molecule has 2 heterocycles. The van der Waals surface area contributed by atoms with Crippen LogP contribution in [0.5, 0.6) is 5.75 Å². The summed E-state index contributed by atoms with van der Waals surface area (Å²) in [6.45, 7) is 2.82. The molecular formula is C21H22N4O2S. The third-order valence-electron chi connectivity index (χ3n) is 4.88. The van der Waals surface area contributed by atoms with Gasteiger partial charge < -0.3 is 14.5 Å². The summed E-state index contributed by atoms with van der Waals surface area (Å²) in [7, 11) is 1.59. The number of ether oxygens (including phenoxy) is 1. The number of methoxy groups -OCH3 is 1. The van der Waals surface area contributed by atoms with Gasteiger partial charge in [0.2, 0.25) is 0 Å². The summed E-state index contributed by atoms with van der Waals surface area (Å²) < 4.78 is 5.33. The first-order valence-electron chi connectivity index (χ1n) is 9.26. The molecule has 6 nitrogen and oxygen atoms in total.